The Labute approximate surface area is 131 Å². The van der Waals surface area contributed by atoms with Crippen LogP contribution in [-0.4, -0.2) is 38.8 Å². The second-order valence-electron chi connectivity index (χ2n) is 5.13. The Morgan fingerprint density at radius 3 is 2.76 bits per heavy atom. The summed E-state index contributed by atoms with van der Waals surface area (Å²) < 4.78 is 5.01. The Balaban J connectivity index is 2.95. The van der Waals surface area contributed by atoms with Gasteiger partial charge in [0.25, 0.3) is 0 Å². The molecule has 0 spiro atoms. The molecule has 0 unspecified atom stereocenters. The first-order valence-corrected chi connectivity index (χ1v) is 7.36. The summed E-state index contributed by atoms with van der Waals surface area (Å²) in [5, 5.41) is 3.94. The summed E-state index contributed by atoms with van der Waals surface area (Å²) in [6.07, 6.45) is 0. The van der Waals surface area contributed by atoms with Gasteiger partial charge < -0.3 is 20.7 Å². The Hall–Kier alpha value is -1.30. The van der Waals surface area contributed by atoms with Gasteiger partial charge in [-0.2, -0.15) is 0 Å². The Bertz CT molecular complexity index is 466. The molecule has 0 aliphatic heterocycles. The van der Waals surface area contributed by atoms with Gasteiger partial charge in [0.2, 0.25) is 5.91 Å². The van der Waals surface area contributed by atoms with Crippen molar-refractivity contribution < 1.29 is 9.53 Å². The van der Waals surface area contributed by atoms with Crippen molar-refractivity contribution in [1.29, 1.82) is 0 Å². The number of nitrogens with zero attached hydrogens (tertiary/aromatic N) is 1. The molecule has 0 saturated heterocycles. The zero-order valence-electron chi connectivity index (χ0n) is 12.9. The van der Waals surface area contributed by atoms with E-state index in [1.807, 2.05) is 36.9 Å². The molecule has 0 aliphatic carbocycles. The number of rotatable bonds is 9. The highest BCUT2D eigenvalue weighted by molar-refractivity contribution is 6.30. The molecule has 0 aromatic heterocycles. The van der Waals surface area contributed by atoms with E-state index in [1.54, 1.807) is 7.11 Å². The Morgan fingerprint density at radius 1 is 1.48 bits per heavy atom. The molecule has 1 amide bonds. The number of hydrogen-bond acceptors (Lipinski definition) is 4. The highest BCUT2D eigenvalue weighted by Gasteiger charge is 2.17. The van der Waals surface area contributed by atoms with Crippen LogP contribution in [0.5, 0.6) is 0 Å². The molecule has 21 heavy (non-hydrogen) atoms. The number of anilines is 1. The van der Waals surface area contributed by atoms with E-state index in [1.165, 1.54) is 0 Å². The van der Waals surface area contributed by atoms with E-state index in [0.29, 0.717) is 18.2 Å². The lowest BCUT2D eigenvalue weighted by atomic mass is 10.1. The van der Waals surface area contributed by atoms with Crippen LogP contribution in [0.4, 0.5) is 5.69 Å². The number of halogens is 1. The van der Waals surface area contributed by atoms with E-state index in [-0.39, 0.29) is 18.5 Å². The molecule has 0 aliphatic rings. The van der Waals surface area contributed by atoms with Crippen LogP contribution in [0.1, 0.15) is 19.4 Å². The number of primary amides is 1. The number of nitrogens with one attached hydrogen (secondary N) is 1. The van der Waals surface area contributed by atoms with Gasteiger partial charge in [-0.15, -0.1) is 0 Å². The average molecular weight is 314 g/mol. The third-order valence-electron chi connectivity index (χ3n) is 3.10. The highest BCUT2D eigenvalue weighted by atomic mass is 35.5. The lowest BCUT2D eigenvalue weighted by Gasteiger charge is -2.30. The van der Waals surface area contributed by atoms with Crippen LogP contribution in [0.15, 0.2) is 18.2 Å². The predicted octanol–water partition coefficient (Wildman–Crippen LogP) is 1.78. The number of benzene rings is 1. The molecule has 3 N–H and O–H groups in total. The zero-order valence-corrected chi connectivity index (χ0v) is 13.6. The number of carbonyl (C=O) groups excluding carboxylic acids is 1. The van der Waals surface area contributed by atoms with E-state index < -0.39 is 0 Å². The Morgan fingerprint density at radius 2 is 2.19 bits per heavy atom. The third-order valence-corrected chi connectivity index (χ3v) is 3.34. The molecule has 0 atom stereocenters. The van der Waals surface area contributed by atoms with Gasteiger partial charge in [0.15, 0.2) is 0 Å². The number of methoxy groups -OCH3 is 1. The summed E-state index contributed by atoms with van der Waals surface area (Å²) in [7, 11) is 1.67. The maximum Gasteiger partial charge on any atom is 0.236 e. The largest absolute Gasteiger partial charge is 0.383 e. The molecule has 5 nitrogen and oxygen atoms in total. The van der Waals surface area contributed by atoms with E-state index in [4.69, 9.17) is 22.1 Å². The minimum atomic E-state index is -0.359. The normalized spacial score (nSPS) is 10.9. The van der Waals surface area contributed by atoms with Crippen molar-refractivity contribution in [3.8, 4) is 0 Å². The molecular weight excluding hydrogens is 290 g/mol. The lowest BCUT2D eigenvalue weighted by molar-refractivity contribution is -0.116. The van der Waals surface area contributed by atoms with Crippen molar-refractivity contribution in [2.24, 2.45) is 5.73 Å². The molecular formula is C15H24ClN3O2. The van der Waals surface area contributed by atoms with E-state index in [2.05, 4.69) is 5.32 Å². The quantitative estimate of drug-likeness (QED) is 0.682. The Kier molecular flexibility index (Phi) is 7.50. The van der Waals surface area contributed by atoms with Gasteiger partial charge in [-0.25, -0.2) is 0 Å². The maximum atomic E-state index is 11.3. The topological polar surface area (TPSA) is 67.6 Å². The van der Waals surface area contributed by atoms with Gasteiger partial charge in [0.1, 0.15) is 0 Å². The minimum Gasteiger partial charge on any atom is -0.383 e. The number of amides is 1. The fourth-order valence-electron chi connectivity index (χ4n) is 2.06. The van der Waals surface area contributed by atoms with E-state index in [0.717, 1.165) is 17.8 Å². The summed E-state index contributed by atoms with van der Waals surface area (Å²) in [5.74, 6) is -0.359. The number of nitrogens with two attached hydrogens (primary N) is 1. The summed E-state index contributed by atoms with van der Waals surface area (Å²) >= 11 is 6.10. The summed E-state index contributed by atoms with van der Waals surface area (Å²) in [4.78, 5) is 13.3. The molecule has 1 rings (SSSR count). The van der Waals surface area contributed by atoms with Gasteiger partial charge in [0, 0.05) is 37.0 Å². The lowest BCUT2D eigenvalue weighted by Crippen LogP contribution is -2.39. The van der Waals surface area contributed by atoms with Crippen LogP contribution in [0.25, 0.3) is 0 Å². The van der Waals surface area contributed by atoms with Crippen LogP contribution < -0.4 is 16.0 Å². The summed E-state index contributed by atoms with van der Waals surface area (Å²) in [5.41, 5.74) is 7.36. The molecule has 0 fully saturated rings. The smallest absolute Gasteiger partial charge is 0.236 e. The van der Waals surface area contributed by atoms with Crippen molar-refractivity contribution in [3.05, 3.63) is 28.8 Å². The monoisotopic (exact) mass is 313 g/mol. The second-order valence-corrected chi connectivity index (χ2v) is 5.57. The van der Waals surface area contributed by atoms with E-state index >= 15 is 0 Å². The van der Waals surface area contributed by atoms with Crippen molar-refractivity contribution >= 4 is 23.2 Å². The summed E-state index contributed by atoms with van der Waals surface area (Å²) in [6.45, 7) is 6.30. The van der Waals surface area contributed by atoms with Crippen molar-refractivity contribution in [2.75, 3.05) is 31.7 Å². The van der Waals surface area contributed by atoms with Crippen molar-refractivity contribution in [1.82, 2.24) is 5.32 Å². The highest BCUT2D eigenvalue weighted by Crippen LogP contribution is 2.26. The average Bonchev–Trinajstić information content (AvgIpc) is 2.42. The fraction of sp³-hybridized carbons (Fsp3) is 0.533. The first kappa shape index (κ1) is 17.8. The number of hydrogen-bond donors (Lipinski definition) is 2. The van der Waals surface area contributed by atoms with Crippen LogP contribution >= 0.6 is 11.6 Å². The third kappa shape index (κ3) is 5.91. The molecule has 0 radical (unpaired) electrons. The molecule has 0 saturated carbocycles. The van der Waals surface area contributed by atoms with Gasteiger partial charge in [0.05, 0.1) is 13.2 Å². The van der Waals surface area contributed by atoms with Gasteiger partial charge >= 0.3 is 0 Å². The first-order valence-electron chi connectivity index (χ1n) is 6.98. The van der Waals surface area contributed by atoms with E-state index in [9.17, 15) is 4.79 Å². The predicted molar refractivity (Wildman–Crippen MR) is 86.7 cm³/mol. The van der Waals surface area contributed by atoms with Crippen molar-refractivity contribution in [3.63, 3.8) is 0 Å². The van der Waals surface area contributed by atoms with Crippen LogP contribution in [0.3, 0.4) is 0 Å². The maximum absolute atomic E-state index is 11.3. The van der Waals surface area contributed by atoms with Gasteiger partial charge in [-0.05, 0) is 31.5 Å². The molecule has 0 bridgehead atoms. The SMILES string of the molecule is COCCNCc1ccc(Cl)cc1N(CC(N)=O)C(C)C. The fourth-order valence-corrected chi connectivity index (χ4v) is 2.23. The minimum absolute atomic E-state index is 0.147. The molecule has 118 valence electrons. The molecule has 1 aromatic rings. The van der Waals surface area contributed by atoms with Crippen LogP contribution in [-0.2, 0) is 16.1 Å². The first-order chi connectivity index (χ1) is 9.95. The number of ether oxygens (including phenoxy) is 1. The molecule has 0 heterocycles. The second kappa shape index (κ2) is 8.87. The van der Waals surface area contributed by atoms with Crippen LogP contribution in [0.2, 0.25) is 5.02 Å². The summed E-state index contributed by atoms with van der Waals surface area (Å²) in [6, 6.07) is 5.83. The standard InChI is InChI=1S/C15H24ClN3O2/c1-11(2)19(10-15(17)20)14-8-13(16)5-4-12(14)9-18-6-7-21-3/h4-5,8,11,18H,6-7,9-10H2,1-3H3,(H2,17,20). The number of carbonyl (C=O) groups is 1. The van der Waals surface area contributed by atoms with Gasteiger partial charge in [-0.3, -0.25) is 4.79 Å². The molecule has 6 heteroatoms. The van der Waals surface area contributed by atoms with Crippen LogP contribution in [0, 0.1) is 0 Å². The van der Waals surface area contributed by atoms with Gasteiger partial charge in [-0.1, -0.05) is 17.7 Å². The molecule has 1 aromatic carbocycles. The van der Waals surface area contributed by atoms with Crippen molar-refractivity contribution in [2.45, 2.75) is 26.4 Å². The zero-order chi connectivity index (χ0) is 15.8.